The van der Waals surface area contributed by atoms with Gasteiger partial charge in [0.25, 0.3) is 0 Å². The number of carbonyl (C=O) groups is 1. The zero-order valence-corrected chi connectivity index (χ0v) is 9.67. The molecular formula is C13H18O2. The molecule has 2 heteroatoms. The van der Waals surface area contributed by atoms with Crippen LogP contribution in [0.2, 0.25) is 0 Å². The van der Waals surface area contributed by atoms with Crippen LogP contribution in [0.4, 0.5) is 0 Å². The standard InChI is InChI=1S/C13H18O2/c1-4-15-6-5-13(14)12-8-10(2)7-11(3)9-12/h7-9H,4-6H2,1-3H3. The highest BCUT2D eigenvalue weighted by Crippen LogP contribution is 2.10. The number of carbonyl (C=O) groups excluding carboxylic acids is 1. The first-order valence-electron chi connectivity index (χ1n) is 5.32. The monoisotopic (exact) mass is 206 g/mol. The van der Waals surface area contributed by atoms with Gasteiger partial charge in [-0.2, -0.15) is 0 Å². The van der Waals surface area contributed by atoms with Crippen LogP contribution >= 0.6 is 0 Å². The van der Waals surface area contributed by atoms with Gasteiger partial charge in [-0.25, -0.2) is 0 Å². The molecule has 0 aromatic heterocycles. The Labute approximate surface area is 91.3 Å². The third-order valence-electron chi connectivity index (χ3n) is 2.22. The molecule has 0 spiro atoms. The van der Waals surface area contributed by atoms with E-state index in [2.05, 4.69) is 6.07 Å². The van der Waals surface area contributed by atoms with E-state index in [4.69, 9.17) is 4.74 Å². The van der Waals surface area contributed by atoms with Crippen molar-refractivity contribution in [3.8, 4) is 0 Å². The molecule has 2 nitrogen and oxygen atoms in total. The lowest BCUT2D eigenvalue weighted by Crippen LogP contribution is -2.05. The summed E-state index contributed by atoms with van der Waals surface area (Å²) in [5.41, 5.74) is 3.07. The molecule has 0 N–H and O–H groups in total. The largest absolute Gasteiger partial charge is 0.381 e. The van der Waals surface area contributed by atoms with Crippen molar-refractivity contribution >= 4 is 5.78 Å². The first kappa shape index (κ1) is 11.9. The number of aryl methyl sites for hydroxylation is 2. The van der Waals surface area contributed by atoms with Crippen molar-refractivity contribution in [2.45, 2.75) is 27.2 Å². The highest BCUT2D eigenvalue weighted by atomic mass is 16.5. The van der Waals surface area contributed by atoms with Crippen LogP contribution in [0.25, 0.3) is 0 Å². The summed E-state index contributed by atoms with van der Waals surface area (Å²) in [7, 11) is 0. The second kappa shape index (κ2) is 5.66. The molecule has 0 aliphatic heterocycles. The molecule has 0 radical (unpaired) electrons. The van der Waals surface area contributed by atoms with Crippen molar-refractivity contribution in [1.82, 2.24) is 0 Å². The normalized spacial score (nSPS) is 10.3. The van der Waals surface area contributed by atoms with Crippen LogP contribution in [0, 0.1) is 13.8 Å². The molecule has 0 saturated heterocycles. The minimum absolute atomic E-state index is 0.162. The van der Waals surface area contributed by atoms with Crippen LogP contribution in [-0.4, -0.2) is 19.0 Å². The number of ether oxygens (including phenoxy) is 1. The molecule has 0 bridgehead atoms. The minimum Gasteiger partial charge on any atom is -0.381 e. The van der Waals surface area contributed by atoms with Crippen LogP contribution in [0.3, 0.4) is 0 Å². The molecule has 0 aliphatic carbocycles. The van der Waals surface area contributed by atoms with Gasteiger partial charge in [0.2, 0.25) is 0 Å². The maximum absolute atomic E-state index is 11.7. The second-order valence-corrected chi connectivity index (χ2v) is 3.75. The van der Waals surface area contributed by atoms with Gasteiger partial charge in [0, 0.05) is 18.6 Å². The number of hydrogen-bond donors (Lipinski definition) is 0. The Kier molecular flexibility index (Phi) is 4.50. The van der Waals surface area contributed by atoms with E-state index in [1.54, 1.807) is 0 Å². The first-order chi connectivity index (χ1) is 7.13. The number of rotatable bonds is 5. The Morgan fingerprint density at radius 2 is 1.80 bits per heavy atom. The fourth-order valence-corrected chi connectivity index (χ4v) is 1.59. The van der Waals surface area contributed by atoms with Gasteiger partial charge in [-0.05, 0) is 32.9 Å². The summed E-state index contributed by atoms with van der Waals surface area (Å²) in [5.74, 6) is 0.162. The average molecular weight is 206 g/mol. The average Bonchev–Trinajstić information content (AvgIpc) is 2.16. The van der Waals surface area contributed by atoms with E-state index in [1.165, 1.54) is 0 Å². The molecule has 0 heterocycles. The molecule has 0 amide bonds. The molecule has 0 fully saturated rings. The lowest BCUT2D eigenvalue weighted by molar-refractivity contribution is 0.0895. The van der Waals surface area contributed by atoms with Gasteiger partial charge >= 0.3 is 0 Å². The summed E-state index contributed by atoms with van der Waals surface area (Å²) >= 11 is 0. The molecule has 0 unspecified atom stereocenters. The van der Waals surface area contributed by atoms with Crippen molar-refractivity contribution in [1.29, 1.82) is 0 Å². The van der Waals surface area contributed by atoms with Crippen LogP contribution in [0.15, 0.2) is 18.2 Å². The van der Waals surface area contributed by atoms with E-state index >= 15 is 0 Å². The molecule has 82 valence electrons. The van der Waals surface area contributed by atoms with Crippen molar-refractivity contribution in [3.63, 3.8) is 0 Å². The first-order valence-corrected chi connectivity index (χ1v) is 5.32. The number of ketones is 1. The van der Waals surface area contributed by atoms with Crippen LogP contribution in [0.5, 0.6) is 0 Å². The fraction of sp³-hybridized carbons (Fsp3) is 0.462. The van der Waals surface area contributed by atoms with Gasteiger partial charge in [-0.15, -0.1) is 0 Å². The Balaban J connectivity index is 2.65. The highest BCUT2D eigenvalue weighted by molar-refractivity contribution is 5.96. The van der Waals surface area contributed by atoms with Gasteiger partial charge in [-0.3, -0.25) is 4.79 Å². The van der Waals surface area contributed by atoms with Crippen LogP contribution < -0.4 is 0 Å². The number of hydrogen-bond acceptors (Lipinski definition) is 2. The number of benzene rings is 1. The molecule has 1 rings (SSSR count). The smallest absolute Gasteiger partial charge is 0.165 e. The van der Waals surface area contributed by atoms with Crippen molar-refractivity contribution in [2.75, 3.05) is 13.2 Å². The SMILES string of the molecule is CCOCCC(=O)c1cc(C)cc(C)c1. The minimum atomic E-state index is 0.162. The zero-order chi connectivity index (χ0) is 11.3. The summed E-state index contributed by atoms with van der Waals surface area (Å²) in [6.07, 6.45) is 0.469. The van der Waals surface area contributed by atoms with Crippen molar-refractivity contribution in [3.05, 3.63) is 34.9 Å². The van der Waals surface area contributed by atoms with Gasteiger partial charge in [0.05, 0.1) is 6.61 Å². The summed E-state index contributed by atoms with van der Waals surface area (Å²) < 4.78 is 5.17. The highest BCUT2D eigenvalue weighted by Gasteiger charge is 2.06. The summed E-state index contributed by atoms with van der Waals surface area (Å²) in [6, 6.07) is 5.93. The van der Waals surface area contributed by atoms with Gasteiger partial charge in [0.15, 0.2) is 5.78 Å². The Morgan fingerprint density at radius 1 is 1.20 bits per heavy atom. The Hall–Kier alpha value is -1.15. The van der Waals surface area contributed by atoms with E-state index in [9.17, 15) is 4.79 Å². The van der Waals surface area contributed by atoms with Gasteiger partial charge in [0.1, 0.15) is 0 Å². The second-order valence-electron chi connectivity index (χ2n) is 3.75. The molecule has 0 atom stereocenters. The van der Waals surface area contributed by atoms with E-state index < -0.39 is 0 Å². The molecule has 0 saturated carbocycles. The van der Waals surface area contributed by atoms with Crippen LogP contribution in [0.1, 0.15) is 34.8 Å². The molecule has 15 heavy (non-hydrogen) atoms. The molecule has 1 aromatic rings. The molecule has 1 aromatic carbocycles. The maximum atomic E-state index is 11.7. The fourth-order valence-electron chi connectivity index (χ4n) is 1.59. The van der Waals surface area contributed by atoms with E-state index in [0.29, 0.717) is 19.6 Å². The Bertz CT molecular complexity index is 322. The maximum Gasteiger partial charge on any atom is 0.165 e. The van der Waals surface area contributed by atoms with Gasteiger partial charge < -0.3 is 4.74 Å². The van der Waals surface area contributed by atoms with E-state index in [0.717, 1.165) is 16.7 Å². The predicted octanol–water partition coefficient (Wildman–Crippen LogP) is 2.91. The molecule has 0 aliphatic rings. The van der Waals surface area contributed by atoms with E-state index in [1.807, 2.05) is 32.9 Å². The molecular weight excluding hydrogens is 188 g/mol. The topological polar surface area (TPSA) is 26.3 Å². The van der Waals surface area contributed by atoms with Crippen molar-refractivity contribution in [2.24, 2.45) is 0 Å². The zero-order valence-electron chi connectivity index (χ0n) is 9.67. The van der Waals surface area contributed by atoms with Crippen LogP contribution in [-0.2, 0) is 4.74 Å². The quantitative estimate of drug-likeness (QED) is 0.547. The summed E-state index contributed by atoms with van der Waals surface area (Å²) in [4.78, 5) is 11.7. The third kappa shape index (κ3) is 3.84. The number of Topliss-reactive ketones (excluding diaryl/α,β-unsaturated/α-hetero) is 1. The van der Waals surface area contributed by atoms with E-state index in [-0.39, 0.29) is 5.78 Å². The summed E-state index contributed by atoms with van der Waals surface area (Å²) in [6.45, 7) is 7.13. The van der Waals surface area contributed by atoms with Crippen molar-refractivity contribution < 1.29 is 9.53 Å². The lowest BCUT2D eigenvalue weighted by Gasteiger charge is -2.04. The summed E-state index contributed by atoms with van der Waals surface area (Å²) in [5, 5.41) is 0. The Morgan fingerprint density at radius 3 is 2.33 bits per heavy atom. The van der Waals surface area contributed by atoms with Gasteiger partial charge in [-0.1, -0.05) is 17.2 Å². The predicted molar refractivity (Wildman–Crippen MR) is 61.4 cm³/mol. The lowest BCUT2D eigenvalue weighted by atomic mass is 10.0. The third-order valence-corrected chi connectivity index (χ3v) is 2.22.